The van der Waals surface area contributed by atoms with Crippen LogP contribution < -0.4 is 5.32 Å². The van der Waals surface area contributed by atoms with Crippen molar-refractivity contribution in [1.29, 1.82) is 0 Å². The van der Waals surface area contributed by atoms with Crippen LogP contribution in [0.1, 0.15) is 51.0 Å². The number of rotatable bonds is 6. The van der Waals surface area contributed by atoms with Gasteiger partial charge < -0.3 is 10.1 Å². The molecule has 28 heavy (non-hydrogen) atoms. The van der Waals surface area contributed by atoms with Crippen molar-refractivity contribution >= 4 is 23.5 Å². The fraction of sp³-hybridized carbons (Fsp3) is 0.636. The van der Waals surface area contributed by atoms with Gasteiger partial charge in [-0.15, -0.1) is 0 Å². The minimum atomic E-state index is -0.662. The topological polar surface area (TPSA) is 55.4 Å². The Kier molecular flexibility index (Phi) is 5.38. The maximum atomic E-state index is 13.8. The number of amides is 1. The lowest BCUT2D eigenvalue weighted by atomic mass is 9.48. The Morgan fingerprint density at radius 3 is 2.39 bits per heavy atom. The SMILES string of the molecule is C[C@H](NC(=O)COC(=O)Cc1c(F)cccc1Cl)C12CC3CC(CC(C3)C1)C2. The Hall–Kier alpha value is -1.62. The quantitative estimate of drug-likeness (QED) is 0.716. The normalized spacial score (nSPS) is 31.5. The number of hydrogen-bond donors (Lipinski definition) is 1. The number of hydrogen-bond acceptors (Lipinski definition) is 3. The molecule has 1 amide bonds. The summed E-state index contributed by atoms with van der Waals surface area (Å²) in [6.45, 7) is 1.74. The zero-order valence-corrected chi connectivity index (χ0v) is 16.9. The van der Waals surface area contributed by atoms with E-state index in [9.17, 15) is 14.0 Å². The molecule has 152 valence electrons. The van der Waals surface area contributed by atoms with Crippen LogP contribution in [0.4, 0.5) is 4.39 Å². The molecule has 1 aromatic carbocycles. The van der Waals surface area contributed by atoms with Gasteiger partial charge in [0.15, 0.2) is 6.61 Å². The summed E-state index contributed by atoms with van der Waals surface area (Å²) >= 11 is 5.93. The van der Waals surface area contributed by atoms with Gasteiger partial charge in [0, 0.05) is 16.6 Å². The van der Waals surface area contributed by atoms with Gasteiger partial charge in [-0.1, -0.05) is 17.7 Å². The van der Waals surface area contributed by atoms with E-state index in [4.69, 9.17) is 16.3 Å². The van der Waals surface area contributed by atoms with Crippen LogP contribution in [-0.2, 0) is 20.7 Å². The van der Waals surface area contributed by atoms with Crippen LogP contribution in [0.25, 0.3) is 0 Å². The number of esters is 1. The Labute approximate surface area is 170 Å². The molecular formula is C22H27ClFNO3. The van der Waals surface area contributed by atoms with Crippen LogP contribution in [0.3, 0.4) is 0 Å². The van der Waals surface area contributed by atoms with Crippen LogP contribution in [0.2, 0.25) is 5.02 Å². The van der Waals surface area contributed by atoms with Crippen LogP contribution >= 0.6 is 11.6 Å². The van der Waals surface area contributed by atoms with Gasteiger partial charge in [0.1, 0.15) is 5.82 Å². The highest BCUT2D eigenvalue weighted by atomic mass is 35.5. The molecule has 0 aromatic heterocycles. The molecule has 1 atom stereocenters. The Bertz CT molecular complexity index is 726. The molecule has 0 saturated heterocycles. The Balaban J connectivity index is 1.28. The van der Waals surface area contributed by atoms with Crippen molar-refractivity contribution in [1.82, 2.24) is 5.32 Å². The fourth-order valence-electron chi connectivity index (χ4n) is 6.19. The van der Waals surface area contributed by atoms with E-state index >= 15 is 0 Å². The molecule has 4 aliphatic rings. The first kappa shape index (κ1) is 19.7. The minimum Gasteiger partial charge on any atom is -0.455 e. The number of carbonyl (C=O) groups excluding carboxylic acids is 2. The number of carbonyl (C=O) groups is 2. The fourth-order valence-corrected chi connectivity index (χ4v) is 6.42. The average Bonchev–Trinajstić information content (AvgIpc) is 2.62. The second kappa shape index (κ2) is 7.66. The average molecular weight is 408 g/mol. The van der Waals surface area contributed by atoms with Gasteiger partial charge >= 0.3 is 5.97 Å². The summed E-state index contributed by atoms with van der Waals surface area (Å²) < 4.78 is 18.8. The minimum absolute atomic E-state index is 0.0770. The van der Waals surface area contributed by atoms with Gasteiger partial charge in [0.25, 0.3) is 5.91 Å². The summed E-state index contributed by atoms with van der Waals surface area (Å²) in [5, 5.41) is 3.24. The second-order valence-electron chi connectivity index (χ2n) is 9.11. The molecule has 1 aromatic rings. The Morgan fingerprint density at radius 1 is 1.21 bits per heavy atom. The molecule has 0 unspecified atom stereocenters. The van der Waals surface area contributed by atoms with Crippen molar-refractivity contribution < 1.29 is 18.7 Å². The standard InChI is InChI=1S/C22H27ClFNO3/c1-13(22-9-14-5-15(10-22)7-16(6-14)11-22)25-20(26)12-28-21(27)8-17-18(23)3-2-4-19(17)24/h2-4,13-16H,5-12H2,1H3,(H,25,26)/t13-,14?,15?,16?,22?/m0/s1. The molecule has 4 saturated carbocycles. The number of benzene rings is 1. The van der Waals surface area contributed by atoms with Crippen LogP contribution in [-0.4, -0.2) is 24.5 Å². The van der Waals surface area contributed by atoms with Crippen molar-refractivity contribution in [2.45, 2.75) is 57.9 Å². The summed E-state index contributed by atoms with van der Waals surface area (Å²) in [6.07, 6.45) is 7.38. The molecule has 6 heteroatoms. The lowest BCUT2D eigenvalue weighted by Crippen LogP contribution is -2.56. The molecule has 0 spiro atoms. The molecule has 4 bridgehead atoms. The van der Waals surface area contributed by atoms with Gasteiger partial charge in [-0.25, -0.2) is 4.39 Å². The van der Waals surface area contributed by atoms with E-state index in [-0.39, 0.29) is 41.0 Å². The Morgan fingerprint density at radius 2 is 1.82 bits per heavy atom. The third-order valence-electron chi connectivity index (χ3n) is 7.13. The van der Waals surface area contributed by atoms with E-state index in [1.54, 1.807) is 0 Å². The first-order chi connectivity index (χ1) is 13.3. The van der Waals surface area contributed by atoms with E-state index in [1.165, 1.54) is 56.7 Å². The zero-order chi connectivity index (χ0) is 19.9. The summed E-state index contributed by atoms with van der Waals surface area (Å²) in [6, 6.07) is 4.32. The number of ether oxygens (including phenoxy) is 1. The third kappa shape index (κ3) is 3.91. The summed E-state index contributed by atoms with van der Waals surface area (Å²) in [4.78, 5) is 24.4. The molecule has 0 heterocycles. The molecule has 0 radical (unpaired) electrons. The van der Waals surface area contributed by atoms with E-state index in [0.717, 1.165) is 17.8 Å². The maximum absolute atomic E-state index is 13.8. The van der Waals surface area contributed by atoms with Crippen LogP contribution in [0.15, 0.2) is 18.2 Å². The molecule has 5 rings (SSSR count). The molecule has 0 aliphatic heterocycles. The summed E-state index contributed by atoms with van der Waals surface area (Å²) in [7, 11) is 0. The molecule has 4 fully saturated rings. The van der Waals surface area contributed by atoms with Crippen molar-refractivity contribution in [3.8, 4) is 0 Å². The highest BCUT2D eigenvalue weighted by Crippen LogP contribution is 2.61. The maximum Gasteiger partial charge on any atom is 0.310 e. The smallest absolute Gasteiger partial charge is 0.310 e. The number of nitrogens with one attached hydrogen (secondary N) is 1. The summed E-state index contributed by atoms with van der Waals surface area (Å²) in [5.74, 6) is 0.932. The lowest BCUT2D eigenvalue weighted by Gasteiger charge is -2.59. The van der Waals surface area contributed by atoms with Crippen LogP contribution in [0.5, 0.6) is 0 Å². The summed E-state index contributed by atoms with van der Waals surface area (Å²) in [5.41, 5.74) is 0.297. The van der Waals surface area contributed by atoms with E-state index < -0.39 is 11.8 Å². The van der Waals surface area contributed by atoms with Crippen molar-refractivity contribution in [3.63, 3.8) is 0 Å². The largest absolute Gasteiger partial charge is 0.455 e. The monoisotopic (exact) mass is 407 g/mol. The first-order valence-corrected chi connectivity index (χ1v) is 10.6. The predicted octanol–water partition coefficient (Wildman–Crippen LogP) is 4.29. The first-order valence-electron chi connectivity index (χ1n) is 10.2. The molecule has 4 nitrogen and oxygen atoms in total. The van der Waals surface area contributed by atoms with E-state index in [0.29, 0.717) is 0 Å². The predicted molar refractivity (Wildman–Crippen MR) is 104 cm³/mol. The highest BCUT2D eigenvalue weighted by molar-refractivity contribution is 6.31. The van der Waals surface area contributed by atoms with Crippen molar-refractivity contribution in [2.75, 3.05) is 6.61 Å². The molecule has 4 aliphatic carbocycles. The van der Waals surface area contributed by atoms with E-state index in [1.807, 2.05) is 0 Å². The van der Waals surface area contributed by atoms with Crippen molar-refractivity contribution in [2.24, 2.45) is 23.2 Å². The zero-order valence-electron chi connectivity index (χ0n) is 16.2. The van der Waals surface area contributed by atoms with Crippen LogP contribution in [0, 0.1) is 29.0 Å². The highest BCUT2D eigenvalue weighted by Gasteiger charge is 2.53. The van der Waals surface area contributed by atoms with Gasteiger partial charge in [-0.05, 0) is 80.8 Å². The van der Waals surface area contributed by atoms with Gasteiger partial charge in [-0.3, -0.25) is 9.59 Å². The van der Waals surface area contributed by atoms with Gasteiger partial charge in [-0.2, -0.15) is 0 Å². The van der Waals surface area contributed by atoms with E-state index in [2.05, 4.69) is 12.2 Å². The number of halogens is 2. The third-order valence-corrected chi connectivity index (χ3v) is 7.48. The van der Waals surface area contributed by atoms with Crippen molar-refractivity contribution in [3.05, 3.63) is 34.6 Å². The molecular weight excluding hydrogens is 381 g/mol. The molecule has 1 N–H and O–H groups in total. The van der Waals surface area contributed by atoms with Gasteiger partial charge in [0.05, 0.1) is 6.42 Å². The second-order valence-corrected chi connectivity index (χ2v) is 9.51. The van der Waals surface area contributed by atoms with Gasteiger partial charge in [0.2, 0.25) is 0 Å². The lowest BCUT2D eigenvalue weighted by molar-refractivity contribution is -0.149.